The second kappa shape index (κ2) is 7.89. The fraction of sp³-hybridized carbons (Fsp3) is 0.263. The summed E-state index contributed by atoms with van der Waals surface area (Å²) in [5.41, 5.74) is 0.599. The van der Waals surface area contributed by atoms with Crippen LogP contribution >= 0.6 is 23.2 Å². The highest BCUT2D eigenvalue weighted by Crippen LogP contribution is 2.26. The van der Waals surface area contributed by atoms with Crippen LogP contribution < -0.4 is 4.74 Å². The summed E-state index contributed by atoms with van der Waals surface area (Å²) in [6, 6.07) is 13.7. The summed E-state index contributed by atoms with van der Waals surface area (Å²) in [6.07, 6.45) is 1.14. The fourth-order valence-corrected chi connectivity index (χ4v) is 3.11. The standard InChI is InChI=1S/C19H17Cl2NO3/c20-15-7-5-13(6-8-15)18(23)22-11-9-14(10-12-22)19(24)25-17-4-2-1-3-16(17)21/h1-8,14H,9-12H2. The second-order valence-corrected chi connectivity index (χ2v) is 6.77. The van der Waals surface area contributed by atoms with Crippen LogP contribution in [-0.2, 0) is 4.79 Å². The lowest BCUT2D eigenvalue weighted by Crippen LogP contribution is -2.41. The lowest BCUT2D eigenvalue weighted by molar-refractivity contribution is -0.140. The molecule has 1 fully saturated rings. The Kier molecular flexibility index (Phi) is 5.61. The second-order valence-electron chi connectivity index (χ2n) is 5.92. The van der Waals surface area contributed by atoms with Crippen molar-refractivity contribution >= 4 is 35.1 Å². The van der Waals surface area contributed by atoms with Gasteiger partial charge >= 0.3 is 5.97 Å². The molecule has 6 heteroatoms. The molecule has 2 aromatic rings. The summed E-state index contributed by atoms with van der Waals surface area (Å²) in [4.78, 5) is 26.5. The molecule has 4 nitrogen and oxygen atoms in total. The number of amides is 1. The van der Waals surface area contributed by atoms with Gasteiger partial charge in [-0.1, -0.05) is 35.3 Å². The summed E-state index contributed by atoms with van der Waals surface area (Å²) >= 11 is 11.9. The highest BCUT2D eigenvalue weighted by atomic mass is 35.5. The highest BCUT2D eigenvalue weighted by molar-refractivity contribution is 6.32. The average molecular weight is 378 g/mol. The molecule has 130 valence electrons. The third-order valence-electron chi connectivity index (χ3n) is 4.25. The van der Waals surface area contributed by atoms with Crippen molar-refractivity contribution in [3.05, 3.63) is 64.1 Å². The Balaban J connectivity index is 1.56. The van der Waals surface area contributed by atoms with Gasteiger partial charge < -0.3 is 9.64 Å². The van der Waals surface area contributed by atoms with E-state index >= 15 is 0 Å². The van der Waals surface area contributed by atoms with Crippen LogP contribution in [0, 0.1) is 5.92 Å². The van der Waals surface area contributed by atoms with E-state index in [-0.39, 0.29) is 17.8 Å². The number of rotatable bonds is 3. The third kappa shape index (κ3) is 4.33. The summed E-state index contributed by atoms with van der Waals surface area (Å²) in [6.45, 7) is 1.04. The van der Waals surface area contributed by atoms with Gasteiger partial charge in [-0.05, 0) is 49.2 Å². The molecule has 0 unspecified atom stereocenters. The van der Waals surface area contributed by atoms with Gasteiger partial charge in [0.1, 0.15) is 5.75 Å². The number of esters is 1. The fourth-order valence-electron chi connectivity index (χ4n) is 2.81. The molecule has 1 saturated heterocycles. The number of hydrogen-bond acceptors (Lipinski definition) is 3. The Morgan fingerprint density at radius 3 is 2.24 bits per heavy atom. The number of hydrogen-bond donors (Lipinski definition) is 0. The first-order chi connectivity index (χ1) is 12.0. The maximum atomic E-state index is 12.5. The average Bonchev–Trinajstić information content (AvgIpc) is 2.64. The lowest BCUT2D eigenvalue weighted by atomic mass is 9.96. The Morgan fingerprint density at radius 1 is 0.960 bits per heavy atom. The number of piperidine rings is 1. The Bertz CT molecular complexity index is 768. The minimum absolute atomic E-state index is 0.0467. The zero-order valence-corrected chi connectivity index (χ0v) is 15.0. The minimum Gasteiger partial charge on any atom is -0.425 e. The zero-order chi connectivity index (χ0) is 17.8. The number of ether oxygens (including phenoxy) is 1. The molecule has 25 heavy (non-hydrogen) atoms. The quantitative estimate of drug-likeness (QED) is 0.586. The number of para-hydroxylation sites is 1. The van der Waals surface area contributed by atoms with Crippen LogP contribution in [0.15, 0.2) is 48.5 Å². The predicted molar refractivity (Wildman–Crippen MR) is 97.2 cm³/mol. The number of nitrogens with zero attached hydrogens (tertiary/aromatic N) is 1. The molecule has 2 aromatic carbocycles. The van der Waals surface area contributed by atoms with Crippen LogP contribution in [0.25, 0.3) is 0 Å². The molecule has 0 saturated carbocycles. The maximum Gasteiger partial charge on any atom is 0.314 e. The Morgan fingerprint density at radius 2 is 1.60 bits per heavy atom. The van der Waals surface area contributed by atoms with E-state index < -0.39 is 0 Å². The molecular weight excluding hydrogens is 361 g/mol. The van der Waals surface area contributed by atoms with Crippen LogP contribution in [0.5, 0.6) is 5.75 Å². The van der Waals surface area contributed by atoms with Crippen molar-refractivity contribution in [3.63, 3.8) is 0 Å². The molecule has 3 rings (SSSR count). The summed E-state index contributed by atoms with van der Waals surface area (Å²) in [5.74, 6) is -0.208. The van der Waals surface area contributed by atoms with E-state index in [4.69, 9.17) is 27.9 Å². The van der Waals surface area contributed by atoms with E-state index in [0.717, 1.165) is 0 Å². The van der Waals surface area contributed by atoms with Gasteiger partial charge in [-0.25, -0.2) is 0 Å². The maximum absolute atomic E-state index is 12.5. The summed E-state index contributed by atoms with van der Waals surface area (Å²) in [7, 11) is 0. The Labute approximate surface area is 156 Å². The van der Waals surface area contributed by atoms with Gasteiger partial charge in [0, 0.05) is 23.7 Å². The number of benzene rings is 2. The van der Waals surface area contributed by atoms with Gasteiger partial charge in [-0.15, -0.1) is 0 Å². The molecule has 0 spiro atoms. The van der Waals surface area contributed by atoms with E-state index in [9.17, 15) is 9.59 Å². The van der Waals surface area contributed by atoms with E-state index in [2.05, 4.69) is 0 Å². The molecule has 1 aliphatic rings. The first-order valence-corrected chi connectivity index (χ1v) is 8.81. The molecular formula is C19H17Cl2NO3. The molecule has 0 radical (unpaired) electrons. The molecule has 0 aliphatic carbocycles. The molecule has 0 aromatic heterocycles. The molecule has 1 aliphatic heterocycles. The van der Waals surface area contributed by atoms with Gasteiger partial charge in [0.2, 0.25) is 0 Å². The van der Waals surface area contributed by atoms with Gasteiger partial charge in [0.15, 0.2) is 0 Å². The summed E-state index contributed by atoms with van der Waals surface area (Å²) in [5, 5.41) is 1.00. The number of halogens is 2. The molecule has 0 bridgehead atoms. The first kappa shape index (κ1) is 17.8. The van der Waals surface area contributed by atoms with Crippen molar-refractivity contribution < 1.29 is 14.3 Å². The van der Waals surface area contributed by atoms with Crippen LogP contribution in [0.1, 0.15) is 23.2 Å². The first-order valence-electron chi connectivity index (χ1n) is 8.05. The largest absolute Gasteiger partial charge is 0.425 e. The highest BCUT2D eigenvalue weighted by Gasteiger charge is 2.29. The Hall–Kier alpha value is -2.04. The number of carbonyl (C=O) groups is 2. The molecule has 1 heterocycles. The van der Waals surface area contributed by atoms with Gasteiger partial charge in [0.05, 0.1) is 10.9 Å². The zero-order valence-electron chi connectivity index (χ0n) is 13.5. The third-order valence-corrected chi connectivity index (χ3v) is 4.82. The lowest BCUT2D eigenvalue weighted by Gasteiger charge is -2.31. The van der Waals surface area contributed by atoms with Crippen molar-refractivity contribution in [1.82, 2.24) is 4.90 Å². The van der Waals surface area contributed by atoms with Gasteiger partial charge in [-0.2, -0.15) is 0 Å². The molecule has 1 amide bonds. The minimum atomic E-state index is -0.299. The van der Waals surface area contributed by atoms with Crippen molar-refractivity contribution in [2.75, 3.05) is 13.1 Å². The SMILES string of the molecule is O=C(Oc1ccccc1Cl)C1CCN(C(=O)c2ccc(Cl)cc2)CC1. The smallest absolute Gasteiger partial charge is 0.314 e. The van der Waals surface area contributed by atoms with E-state index in [0.29, 0.717) is 47.3 Å². The summed E-state index contributed by atoms with van der Waals surface area (Å²) < 4.78 is 5.39. The monoisotopic (exact) mass is 377 g/mol. The van der Waals surface area contributed by atoms with Crippen molar-refractivity contribution in [2.45, 2.75) is 12.8 Å². The van der Waals surface area contributed by atoms with E-state index in [1.165, 1.54) is 0 Å². The molecule has 0 N–H and O–H groups in total. The van der Waals surface area contributed by atoms with Crippen molar-refractivity contribution in [1.29, 1.82) is 0 Å². The van der Waals surface area contributed by atoms with Crippen molar-refractivity contribution in [2.24, 2.45) is 5.92 Å². The van der Waals surface area contributed by atoms with E-state index in [1.807, 2.05) is 0 Å². The number of likely N-dealkylation sites (tertiary alicyclic amines) is 1. The van der Waals surface area contributed by atoms with Crippen LogP contribution in [0.2, 0.25) is 10.0 Å². The number of carbonyl (C=O) groups excluding carboxylic acids is 2. The van der Waals surface area contributed by atoms with E-state index in [1.54, 1.807) is 53.4 Å². The van der Waals surface area contributed by atoms with Crippen LogP contribution in [-0.4, -0.2) is 29.9 Å². The topological polar surface area (TPSA) is 46.6 Å². The normalized spacial score (nSPS) is 15.0. The van der Waals surface area contributed by atoms with Crippen molar-refractivity contribution in [3.8, 4) is 5.75 Å². The van der Waals surface area contributed by atoms with Gasteiger partial charge in [-0.3, -0.25) is 9.59 Å². The van der Waals surface area contributed by atoms with Crippen LogP contribution in [0.4, 0.5) is 0 Å². The van der Waals surface area contributed by atoms with Gasteiger partial charge in [0.25, 0.3) is 5.91 Å². The molecule has 0 atom stereocenters. The van der Waals surface area contributed by atoms with Crippen LogP contribution in [0.3, 0.4) is 0 Å². The predicted octanol–water partition coefficient (Wildman–Crippen LogP) is 4.45.